The highest BCUT2D eigenvalue weighted by molar-refractivity contribution is 5.77. The van der Waals surface area contributed by atoms with Gasteiger partial charge in [-0.2, -0.15) is 0 Å². The highest BCUT2D eigenvalue weighted by Gasteiger charge is 2.21. The van der Waals surface area contributed by atoms with Crippen molar-refractivity contribution in [1.82, 2.24) is 5.32 Å². The molecular weight excluding hydrogens is 238 g/mol. The maximum Gasteiger partial charge on any atom is 0.327 e. The first kappa shape index (κ1) is 15.7. The van der Waals surface area contributed by atoms with E-state index in [4.69, 9.17) is 4.74 Å². The van der Waals surface area contributed by atoms with Crippen LogP contribution in [0.4, 0.5) is 0 Å². The Kier molecular flexibility index (Phi) is 6.03. The Bertz CT molecular complexity index is 396. The fraction of sp³-hybridized carbons (Fsp3) is 0.562. The van der Waals surface area contributed by atoms with Crippen LogP contribution in [-0.2, 0) is 16.0 Å². The van der Waals surface area contributed by atoms with E-state index in [2.05, 4.69) is 31.3 Å². The number of hydrogen-bond acceptors (Lipinski definition) is 3. The molecule has 0 spiro atoms. The van der Waals surface area contributed by atoms with Crippen molar-refractivity contribution in [2.75, 3.05) is 7.11 Å². The van der Waals surface area contributed by atoms with Crippen LogP contribution in [0.2, 0.25) is 0 Å². The highest BCUT2D eigenvalue weighted by Crippen LogP contribution is 2.17. The van der Waals surface area contributed by atoms with Crippen molar-refractivity contribution in [1.29, 1.82) is 0 Å². The average molecular weight is 263 g/mol. The maximum atomic E-state index is 11.8. The van der Waals surface area contributed by atoms with Crippen LogP contribution in [0.1, 0.15) is 44.9 Å². The van der Waals surface area contributed by atoms with E-state index in [-0.39, 0.29) is 12.0 Å². The number of ether oxygens (including phenoxy) is 1. The molecule has 0 fully saturated rings. The highest BCUT2D eigenvalue weighted by atomic mass is 16.5. The van der Waals surface area contributed by atoms with Crippen molar-refractivity contribution in [3.63, 3.8) is 0 Å². The van der Waals surface area contributed by atoms with Gasteiger partial charge in [0.05, 0.1) is 7.11 Å². The van der Waals surface area contributed by atoms with Crippen LogP contribution in [0.15, 0.2) is 24.3 Å². The maximum absolute atomic E-state index is 11.8. The number of methoxy groups -OCH3 is 1. The third kappa shape index (κ3) is 5.03. The van der Waals surface area contributed by atoms with Gasteiger partial charge in [-0.1, -0.05) is 38.1 Å². The zero-order valence-electron chi connectivity index (χ0n) is 12.6. The van der Waals surface area contributed by atoms with Gasteiger partial charge in [0.15, 0.2) is 0 Å². The van der Waals surface area contributed by atoms with Gasteiger partial charge in [0, 0.05) is 6.04 Å². The van der Waals surface area contributed by atoms with E-state index >= 15 is 0 Å². The molecule has 0 aliphatic carbocycles. The summed E-state index contributed by atoms with van der Waals surface area (Å²) in [5.41, 5.74) is 2.25. The lowest BCUT2D eigenvalue weighted by Crippen LogP contribution is -2.34. The molecule has 1 N–H and O–H groups in total. The number of carbonyl (C=O) groups is 1. The SMILES string of the molecule is COC(=O)C(NC(C)C)c1ccc(CC(C)C)cc1. The molecule has 1 rings (SSSR count). The molecule has 1 atom stereocenters. The Morgan fingerprint density at radius 2 is 1.74 bits per heavy atom. The minimum Gasteiger partial charge on any atom is -0.468 e. The van der Waals surface area contributed by atoms with E-state index in [9.17, 15) is 4.79 Å². The molecule has 0 saturated heterocycles. The van der Waals surface area contributed by atoms with Gasteiger partial charge >= 0.3 is 5.97 Å². The third-order valence-electron chi connectivity index (χ3n) is 2.89. The van der Waals surface area contributed by atoms with Gasteiger partial charge in [-0.25, -0.2) is 4.79 Å². The molecule has 0 aliphatic heterocycles. The predicted octanol–water partition coefficient (Wildman–Crippen LogP) is 3.10. The molecule has 0 bridgehead atoms. The summed E-state index contributed by atoms with van der Waals surface area (Å²) in [4.78, 5) is 11.8. The van der Waals surface area contributed by atoms with Gasteiger partial charge < -0.3 is 4.74 Å². The Balaban J connectivity index is 2.87. The Morgan fingerprint density at radius 1 is 1.16 bits per heavy atom. The first-order valence-corrected chi connectivity index (χ1v) is 6.86. The quantitative estimate of drug-likeness (QED) is 0.801. The molecule has 1 unspecified atom stereocenters. The summed E-state index contributed by atoms with van der Waals surface area (Å²) in [6, 6.07) is 8.03. The van der Waals surface area contributed by atoms with Gasteiger partial charge in [-0.15, -0.1) is 0 Å². The minimum absolute atomic E-state index is 0.222. The second-order valence-corrected chi connectivity index (χ2v) is 5.62. The fourth-order valence-electron chi connectivity index (χ4n) is 2.07. The van der Waals surface area contributed by atoms with Crippen molar-refractivity contribution < 1.29 is 9.53 Å². The zero-order valence-corrected chi connectivity index (χ0v) is 12.6. The molecule has 1 aromatic carbocycles. The lowest BCUT2D eigenvalue weighted by atomic mass is 9.99. The third-order valence-corrected chi connectivity index (χ3v) is 2.89. The Hall–Kier alpha value is -1.35. The summed E-state index contributed by atoms with van der Waals surface area (Å²) in [6.45, 7) is 8.43. The topological polar surface area (TPSA) is 38.3 Å². The Morgan fingerprint density at radius 3 is 2.16 bits per heavy atom. The molecule has 3 nitrogen and oxygen atoms in total. The van der Waals surface area contributed by atoms with Crippen LogP contribution < -0.4 is 5.32 Å². The van der Waals surface area contributed by atoms with E-state index in [0.29, 0.717) is 5.92 Å². The van der Waals surface area contributed by atoms with Gasteiger partial charge in [-0.3, -0.25) is 5.32 Å². The number of benzene rings is 1. The van der Waals surface area contributed by atoms with Crippen molar-refractivity contribution in [3.8, 4) is 0 Å². The lowest BCUT2D eigenvalue weighted by Gasteiger charge is -2.19. The predicted molar refractivity (Wildman–Crippen MR) is 78.0 cm³/mol. The summed E-state index contributed by atoms with van der Waals surface area (Å²) < 4.78 is 4.86. The van der Waals surface area contributed by atoms with E-state index in [1.165, 1.54) is 12.7 Å². The molecule has 0 heterocycles. The smallest absolute Gasteiger partial charge is 0.327 e. The number of esters is 1. The zero-order chi connectivity index (χ0) is 14.4. The first-order chi connectivity index (χ1) is 8.93. The van der Waals surface area contributed by atoms with E-state index in [1.807, 2.05) is 26.0 Å². The number of rotatable bonds is 6. The van der Waals surface area contributed by atoms with Gasteiger partial charge in [-0.05, 0) is 37.3 Å². The van der Waals surface area contributed by atoms with Crippen molar-refractivity contribution >= 4 is 5.97 Å². The summed E-state index contributed by atoms with van der Waals surface area (Å²) >= 11 is 0. The van der Waals surface area contributed by atoms with Crippen LogP contribution in [0.5, 0.6) is 0 Å². The molecule has 0 amide bonds. The van der Waals surface area contributed by atoms with Crippen molar-refractivity contribution in [3.05, 3.63) is 35.4 Å². The van der Waals surface area contributed by atoms with Crippen molar-refractivity contribution in [2.45, 2.75) is 46.2 Å². The number of nitrogens with one attached hydrogen (secondary N) is 1. The second-order valence-electron chi connectivity index (χ2n) is 5.62. The number of hydrogen-bond donors (Lipinski definition) is 1. The number of carbonyl (C=O) groups excluding carboxylic acids is 1. The summed E-state index contributed by atoms with van der Waals surface area (Å²) in [6.07, 6.45) is 1.06. The first-order valence-electron chi connectivity index (χ1n) is 6.86. The summed E-state index contributed by atoms with van der Waals surface area (Å²) in [5, 5.41) is 3.23. The molecule has 3 heteroatoms. The standard InChI is InChI=1S/C16H25NO2/c1-11(2)10-13-6-8-14(9-7-13)15(16(18)19-5)17-12(3)4/h6-9,11-12,15,17H,10H2,1-5H3. The van der Waals surface area contributed by atoms with Crippen molar-refractivity contribution in [2.24, 2.45) is 5.92 Å². The van der Waals surface area contributed by atoms with Crippen LogP contribution in [0.25, 0.3) is 0 Å². The molecule has 0 saturated carbocycles. The monoisotopic (exact) mass is 263 g/mol. The van der Waals surface area contributed by atoms with E-state index in [0.717, 1.165) is 12.0 Å². The summed E-state index contributed by atoms with van der Waals surface area (Å²) in [5.74, 6) is 0.390. The van der Waals surface area contributed by atoms with Crippen LogP contribution in [0, 0.1) is 5.92 Å². The molecule has 0 aromatic heterocycles. The summed E-state index contributed by atoms with van der Waals surface area (Å²) in [7, 11) is 1.42. The molecule has 0 aliphatic rings. The molecule has 106 valence electrons. The van der Waals surface area contributed by atoms with Crippen LogP contribution in [-0.4, -0.2) is 19.1 Å². The largest absolute Gasteiger partial charge is 0.468 e. The molecule has 1 aromatic rings. The van der Waals surface area contributed by atoms with E-state index in [1.54, 1.807) is 0 Å². The second kappa shape index (κ2) is 7.29. The van der Waals surface area contributed by atoms with Gasteiger partial charge in [0.2, 0.25) is 0 Å². The lowest BCUT2D eigenvalue weighted by molar-refractivity contribution is -0.143. The average Bonchev–Trinajstić information content (AvgIpc) is 2.35. The minimum atomic E-state index is -0.391. The normalized spacial score (nSPS) is 12.8. The van der Waals surface area contributed by atoms with Crippen LogP contribution in [0.3, 0.4) is 0 Å². The fourth-order valence-corrected chi connectivity index (χ4v) is 2.07. The molecule has 0 radical (unpaired) electrons. The van der Waals surface area contributed by atoms with E-state index < -0.39 is 6.04 Å². The molecule has 19 heavy (non-hydrogen) atoms. The van der Waals surface area contributed by atoms with Gasteiger partial charge in [0.25, 0.3) is 0 Å². The Labute approximate surface area is 116 Å². The van der Waals surface area contributed by atoms with Gasteiger partial charge in [0.1, 0.15) is 6.04 Å². The van der Waals surface area contributed by atoms with Crippen LogP contribution >= 0.6 is 0 Å². The molecular formula is C16H25NO2.